The number of rotatable bonds is 0. The van der Waals surface area contributed by atoms with Gasteiger partial charge >= 0.3 is 0 Å². The van der Waals surface area contributed by atoms with E-state index in [9.17, 15) is 0 Å². The highest BCUT2D eigenvalue weighted by molar-refractivity contribution is 14.1. The zero-order chi connectivity index (χ0) is 6.85. The Morgan fingerprint density at radius 3 is 2.44 bits per heavy atom. The lowest BCUT2D eigenvalue weighted by molar-refractivity contribution is 1.64. The molecule has 0 bridgehead atoms. The first-order chi connectivity index (χ1) is 4.18. The van der Waals surface area contributed by atoms with E-state index in [1.54, 1.807) is 0 Å². The summed E-state index contributed by atoms with van der Waals surface area (Å²) in [6.07, 6.45) is 0. The van der Waals surface area contributed by atoms with Crippen molar-refractivity contribution < 1.29 is 0 Å². The van der Waals surface area contributed by atoms with E-state index in [4.69, 9.17) is 0 Å². The molecular weight excluding hydrogens is 307 g/mol. The first kappa shape index (κ1) is 7.75. The Balaban J connectivity index is 3.17. The molecular formula is C6H3BrISi. The first-order valence-corrected chi connectivity index (χ1v) is 4.73. The van der Waals surface area contributed by atoms with Crippen molar-refractivity contribution in [2.75, 3.05) is 0 Å². The van der Waals surface area contributed by atoms with E-state index < -0.39 is 0 Å². The lowest BCUT2D eigenvalue weighted by Gasteiger charge is -1.94. The van der Waals surface area contributed by atoms with Gasteiger partial charge < -0.3 is 0 Å². The minimum absolute atomic E-state index is 1.11. The van der Waals surface area contributed by atoms with Crippen LogP contribution in [0.25, 0.3) is 0 Å². The molecule has 0 aliphatic carbocycles. The van der Waals surface area contributed by atoms with Crippen LogP contribution in [0.1, 0.15) is 0 Å². The molecule has 1 aromatic carbocycles. The van der Waals surface area contributed by atoms with Crippen LogP contribution >= 0.6 is 38.5 Å². The molecule has 0 spiro atoms. The molecule has 3 heteroatoms. The lowest BCUT2D eigenvalue weighted by atomic mass is 10.4. The van der Waals surface area contributed by atoms with E-state index in [2.05, 4.69) is 60.9 Å². The SMILES string of the molecule is [Si]c1cc(Br)cc(I)c1. The second kappa shape index (κ2) is 3.16. The van der Waals surface area contributed by atoms with Crippen molar-refractivity contribution in [3.05, 3.63) is 26.2 Å². The minimum atomic E-state index is 1.11. The van der Waals surface area contributed by atoms with Gasteiger partial charge in [0.1, 0.15) is 0 Å². The maximum atomic E-state index is 3.43. The Bertz CT molecular complexity index is 174. The minimum Gasteiger partial charge on any atom is -0.0652 e. The third kappa shape index (κ3) is 2.39. The molecule has 9 heavy (non-hydrogen) atoms. The van der Waals surface area contributed by atoms with Crippen LogP contribution in [-0.4, -0.2) is 10.2 Å². The van der Waals surface area contributed by atoms with Gasteiger partial charge in [0.2, 0.25) is 0 Å². The summed E-state index contributed by atoms with van der Waals surface area (Å²) in [5.41, 5.74) is 0. The molecule has 1 rings (SSSR count). The molecule has 0 saturated carbocycles. The van der Waals surface area contributed by atoms with Gasteiger partial charge in [-0.2, -0.15) is 0 Å². The number of halogens is 2. The number of hydrogen-bond donors (Lipinski definition) is 0. The smallest absolute Gasteiger partial charge is 0.0652 e. The van der Waals surface area contributed by atoms with Gasteiger partial charge in [-0.15, -0.1) is 0 Å². The van der Waals surface area contributed by atoms with Crippen molar-refractivity contribution in [2.24, 2.45) is 0 Å². The van der Waals surface area contributed by atoms with Gasteiger partial charge in [0.05, 0.1) is 10.2 Å². The highest BCUT2D eigenvalue weighted by atomic mass is 127. The Labute approximate surface area is 79.7 Å². The van der Waals surface area contributed by atoms with Crippen LogP contribution < -0.4 is 5.19 Å². The maximum absolute atomic E-state index is 3.43. The molecule has 0 aliphatic heterocycles. The Hall–Kier alpha value is 0.647. The van der Waals surface area contributed by atoms with E-state index in [1.807, 2.05) is 6.07 Å². The molecule has 0 aromatic heterocycles. The topological polar surface area (TPSA) is 0 Å². The van der Waals surface area contributed by atoms with Crippen molar-refractivity contribution in [3.63, 3.8) is 0 Å². The molecule has 0 nitrogen and oxygen atoms in total. The monoisotopic (exact) mass is 309 g/mol. The summed E-state index contributed by atoms with van der Waals surface area (Å²) >= 11 is 5.65. The predicted octanol–water partition coefficient (Wildman–Crippen LogP) is 1.85. The fourth-order valence-electron chi connectivity index (χ4n) is 0.554. The Kier molecular flexibility index (Phi) is 2.72. The van der Waals surface area contributed by atoms with Crippen LogP contribution in [0.4, 0.5) is 0 Å². The normalized spacial score (nSPS) is 9.67. The molecule has 0 fully saturated rings. The zero-order valence-electron chi connectivity index (χ0n) is 4.49. The van der Waals surface area contributed by atoms with E-state index in [0.29, 0.717) is 0 Å². The maximum Gasteiger partial charge on any atom is 0.0712 e. The van der Waals surface area contributed by atoms with Crippen LogP contribution in [0.3, 0.4) is 0 Å². The standard InChI is InChI=1S/C6H3BrISi/c7-4-1-5(8)3-6(9)2-4/h1-3H. The van der Waals surface area contributed by atoms with Gasteiger partial charge in [-0.1, -0.05) is 27.2 Å². The van der Waals surface area contributed by atoms with E-state index in [-0.39, 0.29) is 0 Å². The molecule has 0 heterocycles. The quantitative estimate of drug-likeness (QED) is 0.507. The van der Waals surface area contributed by atoms with Crippen molar-refractivity contribution in [3.8, 4) is 0 Å². The lowest BCUT2D eigenvalue weighted by Crippen LogP contribution is -2.00. The molecule has 0 aliphatic rings. The van der Waals surface area contributed by atoms with Crippen LogP contribution in [0, 0.1) is 3.57 Å². The summed E-state index contributed by atoms with van der Waals surface area (Å²) < 4.78 is 2.34. The molecule has 3 radical (unpaired) electrons. The number of benzene rings is 1. The van der Waals surface area contributed by atoms with Gasteiger partial charge in [0, 0.05) is 8.04 Å². The zero-order valence-corrected chi connectivity index (χ0v) is 9.23. The highest BCUT2D eigenvalue weighted by Gasteiger charge is 1.90. The third-order valence-corrected chi connectivity index (χ3v) is 2.23. The Morgan fingerprint density at radius 2 is 2.00 bits per heavy atom. The average molecular weight is 310 g/mol. The average Bonchev–Trinajstić information content (AvgIpc) is 1.59. The molecule has 0 atom stereocenters. The van der Waals surface area contributed by atoms with E-state index in [1.165, 1.54) is 3.57 Å². The highest BCUT2D eigenvalue weighted by Crippen LogP contribution is 2.10. The molecule has 0 unspecified atom stereocenters. The van der Waals surface area contributed by atoms with Crippen molar-refractivity contribution in [1.82, 2.24) is 0 Å². The van der Waals surface area contributed by atoms with Gasteiger partial charge in [-0.05, 0) is 34.7 Å². The molecule has 1 aromatic rings. The van der Waals surface area contributed by atoms with Gasteiger partial charge in [-0.25, -0.2) is 0 Å². The van der Waals surface area contributed by atoms with Gasteiger partial charge in [0.15, 0.2) is 0 Å². The number of hydrogen-bond acceptors (Lipinski definition) is 0. The predicted molar refractivity (Wildman–Crippen MR) is 52.2 cm³/mol. The second-order valence-corrected chi connectivity index (χ2v) is 4.40. The molecule has 0 saturated heterocycles. The van der Waals surface area contributed by atoms with E-state index in [0.717, 1.165) is 9.66 Å². The van der Waals surface area contributed by atoms with Crippen LogP contribution in [0.15, 0.2) is 22.7 Å². The van der Waals surface area contributed by atoms with Crippen molar-refractivity contribution in [1.29, 1.82) is 0 Å². The third-order valence-electron chi connectivity index (χ3n) is 0.863. The fraction of sp³-hybridized carbons (Fsp3) is 0. The van der Waals surface area contributed by atoms with Crippen molar-refractivity contribution >= 4 is 54.0 Å². The summed E-state index contributed by atoms with van der Waals surface area (Å²) in [5.74, 6) is 0. The van der Waals surface area contributed by atoms with Crippen molar-refractivity contribution in [2.45, 2.75) is 0 Å². The van der Waals surface area contributed by atoms with E-state index >= 15 is 0 Å². The molecule has 45 valence electrons. The Morgan fingerprint density at radius 1 is 1.33 bits per heavy atom. The fourth-order valence-corrected chi connectivity index (χ4v) is 2.96. The molecule has 0 amide bonds. The largest absolute Gasteiger partial charge is 0.0712 e. The van der Waals surface area contributed by atoms with Crippen LogP contribution in [0.2, 0.25) is 0 Å². The summed E-state index contributed by atoms with van der Waals surface area (Å²) in [5, 5.41) is 1.11. The summed E-state index contributed by atoms with van der Waals surface area (Å²) in [6, 6.07) is 6.13. The summed E-state index contributed by atoms with van der Waals surface area (Å²) in [7, 11) is 3.43. The summed E-state index contributed by atoms with van der Waals surface area (Å²) in [4.78, 5) is 0. The van der Waals surface area contributed by atoms with Gasteiger partial charge in [0.25, 0.3) is 0 Å². The van der Waals surface area contributed by atoms with Gasteiger partial charge in [-0.3, -0.25) is 0 Å². The summed E-state index contributed by atoms with van der Waals surface area (Å²) in [6.45, 7) is 0. The molecule has 0 N–H and O–H groups in total. The first-order valence-electron chi connectivity index (χ1n) is 2.36. The second-order valence-electron chi connectivity index (χ2n) is 1.66. The van der Waals surface area contributed by atoms with Crippen LogP contribution in [0.5, 0.6) is 0 Å². The van der Waals surface area contributed by atoms with Crippen LogP contribution in [-0.2, 0) is 0 Å².